The first kappa shape index (κ1) is 21.2. The molecule has 1 atom stereocenters. The molecule has 0 unspecified atom stereocenters. The van der Waals surface area contributed by atoms with Gasteiger partial charge in [0.2, 0.25) is 0 Å². The number of amides is 1. The van der Waals surface area contributed by atoms with E-state index in [1.165, 1.54) is 0 Å². The SMILES string of the molecule is Cc1c(C(=O)NCc2cc(C3CC3)on2)oc2c1-c1nn(C[C@H]3COc4ncccc4O3)cc1CC2. The summed E-state index contributed by atoms with van der Waals surface area (Å²) in [5.74, 6) is 3.40. The predicted molar refractivity (Wildman–Crippen MR) is 126 cm³/mol. The molecule has 0 bridgehead atoms. The first-order chi connectivity index (χ1) is 17.6. The summed E-state index contributed by atoms with van der Waals surface area (Å²) in [7, 11) is 0. The standard InChI is InChI=1S/C26H25N5O5/c1-14-22-19(35-24(14)25(32)28-10-17-9-21(36-30-17)15-4-5-15)7-6-16-11-31(29-23(16)22)12-18-13-33-26-20(34-18)3-2-8-27-26/h2-3,8-9,11,15,18H,4-7,10,12-13H2,1H3,(H,28,32)/t18-/m0/s1. The van der Waals surface area contributed by atoms with E-state index in [-0.39, 0.29) is 12.0 Å². The van der Waals surface area contributed by atoms with Crippen molar-refractivity contribution in [3.8, 4) is 22.9 Å². The quantitative estimate of drug-likeness (QED) is 0.439. The fourth-order valence-corrected chi connectivity index (χ4v) is 4.95. The molecule has 0 saturated heterocycles. The zero-order valence-electron chi connectivity index (χ0n) is 19.8. The van der Waals surface area contributed by atoms with Crippen molar-refractivity contribution in [2.75, 3.05) is 6.61 Å². The van der Waals surface area contributed by atoms with Crippen LogP contribution in [0.4, 0.5) is 0 Å². The van der Waals surface area contributed by atoms with E-state index in [4.69, 9.17) is 23.5 Å². The highest BCUT2D eigenvalue weighted by Gasteiger charge is 2.31. The van der Waals surface area contributed by atoms with Crippen molar-refractivity contribution in [1.29, 1.82) is 0 Å². The Morgan fingerprint density at radius 2 is 2.19 bits per heavy atom. The van der Waals surface area contributed by atoms with Gasteiger partial charge in [-0.1, -0.05) is 5.16 Å². The third-order valence-corrected chi connectivity index (χ3v) is 6.94. The van der Waals surface area contributed by atoms with Gasteiger partial charge in [-0.15, -0.1) is 0 Å². The van der Waals surface area contributed by atoms with Gasteiger partial charge >= 0.3 is 0 Å². The summed E-state index contributed by atoms with van der Waals surface area (Å²) in [6.45, 7) is 3.15. The Hall–Kier alpha value is -4.08. The molecule has 0 spiro atoms. The van der Waals surface area contributed by atoms with Gasteiger partial charge in [0.15, 0.2) is 17.6 Å². The number of hydrogen-bond acceptors (Lipinski definition) is 8. The van der Waals surface area contributed by atoms with Crippen LogP contribution in [-0.2, 0) is 25.9 Å². The lowest BCUT2D eigenvalue weighted by Crippen LogP contribution is -2.33. The number of nitrogens with one attached hydrogen (secondary N) is 1. The van der Waals surface area contributed by atoms with Gasteiger partial charge < -0.3 is 23.7 Å². The molecule has 1 fully saturated rings. The van der Waals surface area contributed by atoms with Gasteiger partial charge in [0.1, 0.15) is 23.8 Å². The molecule has 5 heterocycles. The smallest absolute Gasteiger partial charge is 0.287 e. The highest BCUT2D eigenvalue weighted by molar-refractivity contribution is 5.95. The second-order valence-electron chi connectivity index (χ2n) is 9.61. The molecule has 1 aliphatic heterocycles. The Labute approximate surface area is 206 Å². The van der Waals surface area contributed by atoms with Crippen LogP contribution in [0.3, 0.4) is 0 Å². The summed E-state index contributed by atoms with van der Waals surface area (Å²) in [6.07, 6.45) is 7.36. The number of furan rings is 1. The number of rotatable bonds is 6. The van der Waals surface area contributed by atoms with E-state index in [2.05, 4.69) is 21.7 Å². The van der Waals surface area contributed by atoms with Gasteiger partial charge in [0.25, 0.3) is 11.8 Å². The number of carbonyl (C=O) groups excluding carboxylic acids is 1. The minimum absolute atomic E-state index is 0.175. The number of hydrogen-bond donors (Lipinski definition) is 1. The third kappa shape index (κ3) is 3.73. The van der Waals surface area contributed by atoms with Crippen molar-refractivity contribution < 1.29 is 23.2 Å². The normalized spacial score (nSPS) is 18.0. The molecule has 1 amide bonds. The summed E-state index contributed by atoms with van der Waals surface area (Å²) in [6, 6.07) is 5.60. The van der Waals surface area contributed by atoms with E-state index < -0.39 is 0 Å². The van der Waals surface area contributed by atoms with Crippen LogP contribution in [0.25, 0.3) is 11.3 Å². The van der Waals surface area contributed by atoms with Crippen LogP contribution in [0, 0.1) is 6.92 Å². The Morgan fingerprint density at radius 3 is 3.08 bits per heavy atom. The molecule has 3 aliphatic rings. The first-order valence-corrected chi connectivity index (χ1v) is 12.3. The molecule has 2 aliphatic carbocycles. The van der Waals surface area contributed by atoms with Crippen LogP contribution >= 0.6 is 0 Å². The highest BCUT2D eigenvalue weighted by atomic mass is 16.6. The average molecular weight is 488 g/mol. The summed E-state index contributed by atoms with van der Waals surface area (Å²) >= 11 is 0. The number of ether oxygens (including phenoxy) is 2. The molecular weight excluding hydrogens is 462 g/mol. The maximum absolute atomic E-state index is 13.0. The molecule has 4 aromatic rings. The summed E-state index contributed by atoms with van der Waals surface area (Å²) in [5, 5.41) is 11.8. The molecule has 0 aromatic carbocycles. The van der Waals surface area contributed by atoms with Crippen LogP contribution in [0.2, 0.25) is 0 Å². The predicted octanol–water partition coefficient (Wildman–Crippen LogP) is 3.58. The molecule has 1 saturated carbocycles. The lowest BCUT2D eigenvalue weighted by atomic mass is 9.93. The molecule has 4 aromatic heterocycles. The van der Waals surface area contributed by atoms with Gasteiger partial charge in [-0.05, 0) is 43.9 Å². The van der Waals surface area contributed by atoms with Gasteiger partial charge in [0.05, 0.1) is 18.8 Å². The van der Waals surface area contributed by atoms with Crippen molar-refractivity contribution >= 4 is 5.91 Å². The average Bonchev–Trinajstić information content (AvgIpc) is 3.33. The fraction of sp³-hybridized carbons (Fsp3) is 0.385. The number of fused-ring (bicyclic) bond motifs is 4. The van der Waals surface area contributed by atoms with Crippen molar-refractivity contribution in [3.63, 3.8) is 0 Å². The molecule has 184 valence electrons. The van der Waals surface area contributed by atoms with Crippen molar-refractivity contribution in [3.05, 3.63) is 64.7 Å². The Morgan fingerprint density at radius 1 is 1.28 bits per heavy atom. The Kier molecular flexibility index (Phi) is 4.86. The maximum Gasteiger partial charge on any atom is 0.287 e. The van der Waals surface area contributed by atoms with Crippen LogP contribution in [0.15, 0.2) is 39.5 Å². The molecule has 7 rings (SSSR count). The van der Waals surface area contributed by atoms with Gasteiger partial charge in [-0.2, -0.15) is 5.10 Å². The largest absolute Gasteiger partial charge is 0.479 e. The second kappa shape index (κ2) is 8.25. The second-order valence-corrected chi connectivity index (χ2v) is 9.61. The highest BCUT2D eigenvalue weighted by Crippen LogP contribution is 2.40. The zero-order valence-corrected chi connectivity index (χ0v) is 19.8. The number of nitrogens with zero attached hydrogens (tertiary/aromatic N) is 4. The van der Waals surface area contributed by atoms with E-state index >= 15 is 0 Å². The number of carbonyl (C=O) groups is 1. The molecule has 10 heteroatoms. The molecule has 36 heavy (non-hydrogen) atoms. The number of aromatic nitrogens is 4. The van der Waals surface area contributed by atoms with Gasteiger partial charge in [0, 0.05) is 41.9 Å². The summed E-state index contributed by atoms with van der Waals surface area (Å²) in [4.78, 5) is 17.2. The fourth-order valence-electron chi connectivity index (χ4n) is 4.95. The lowest BCUT2D eigenvalue weighted by Gasteiger charge is -2.25. The first-order valence-electron chi connectivity index (χ1n) is 12.3. The van der Waals surface area contributed by atoms with E-state index in [0.29, 0.717) is 48.7 Å². The summed E-state index contributed by atoms with van der Waals surface area (Å²) < 4.78 is 25.1. The molecule has 10 nitrogen and oxygen atoms in total. The Bertz CT molecular complexity index is 1460. The Balaban J connectivity index is 1.07. The van der Waals surface area contributed by atoms with Crippen LogP contribution in [0.5, 0.6) is 11.6 Å². The van der Waals surface area contributed by atoms with Crippen molar-refractivity contribution in [1.82, 2.24) is 25.2 Å². The van der Waals surface area contributed by atoms with Crippen LogP contribution < -0.4 is 14.8 Å². The number of aryl methyl sites for hydroxylation is 2. The maximum atomic E-state index is 13.0. The van der Waals surface area contributed by atoms with Crippen molar-refractivity contribution in [2.24, 2.45) is 0 Å². The van der Waals surface area contributed by atoms with E-state index in [9.17, 15) is 4.79 Å². The third-order valence-electron chi connectivity index (χ3n) is 6.94. The molecule has 1 N–H and O–H groups in total. The minimum atomic E-state index is -0.265. The van der Waals surface area contributed by atoms with Crippen molar-refractivity contribution in [2.45, 2.75) is 57.7 Å². The lowest BCUT2D eigenvalue weighted by molar-refractivity contribution is 0.0716. The monoisotopic (exact) mass is 487 g/mol. The van der Waals surface area contributed by atoms with Gasteiger partial charge in [-0.25, -0.2) is 4.98 Å². The minimum Gasteiger partial charge on any atom is -0.479 e. The van der Waals surface area contributed by atoms with E-state index in [0.717, 1.165) is 59.6 Å². The van der Waals surface area contributed by atoms with E-state index in [1.54, 1.807) is 6.20 Å². The molecule has 0 radical (unpaired) electrons. The van der Waals surface area contributed by atoms with Gasteiger partial charge in [-0.3, -0.25) is 9.48 Å². The van der Waals surface area contributed by atoms with E-state index in [1.807, 2.05) is 29.8 Å². The summed E-state index contributed by atoms with van der Waals surface area (Å²) in [5.41, 5.74) is 4.42. The number of pyridine rings is 1. The van der Waals surface area contributed by atoms with Crippen LogP contribution in [-0.4, -0.2) is 38.5 Å². The topological polar surface area (TPSA) is 117 Å². The molecular formula is C26H25N5O5. The van der Waals surface area contributed by atoms with Crippen LogP contribution in [0.1, 0.15) is 57.7 Å². The zero-order chi connectivity index (χ0) is 24.2.